The van der Waals surface area contributed by atoms with Gasteiger partial charge in [0.2, 0.25) is 0 Å². The Kier molecular flexibility index (Phi) is 2.83. The predicted molar refractivity (Wildman–Crippen MR) is 55.1 cm³/mol. The van der Waals surface area contributed by atoms with Gasteiger partial charge in [-0.05, 0) is 25.2 Å². The van der Waals surface area contributed by atoms with Crippen LogP contribution in [0.15, 0.2) is 11.5 Å². The summed E-state index contributed by atoms with van der Waals surface area (Å²) in [5.41, 5.74) is 0. The van der Waals surface area contributed by atoms with E-state index in [0.29, 0.717) is 24.7 Å². The maximum absolute atomic E-state index is 11.0. The van der Waals surface area contributed by atoms with Gasteiger partial charge in [-0.2, -0.15) is 0 Å². The highest BCUT2D eigenvalue weighted by molar-refractivity contribution is 7.85. The fraction of sp³-hybridized carbons (Fsp3) is 0.700. The van der Waals surface area contributed by atoms with E-state index in [2.05, 4.69) is 19.2 Å². The summed E-state index contributed by atoms with van der Waals surface area (Å²) in [5.74, 6) is 0.0440. The number of carbonyl (C=O) groups excluding carboxylic acids is 1. The van der Waals surface area contributed by atoms with Crippen LogP contribution < -0.4 is 0 Å². The van der Waals surface area contributed by atoms with Gasteiger partial charge in [-0.1, -0.05) is 6.58 Å². The van der Waals surface area contributed by atoms with Crippen molar-refractivity contribution in [3.63, 3.8) is 0 Å². The molecule has 1 heterocycles. The maximum Gasteiger partial charge on any atom is 0.343 e. The first-order chi connectivity index (χ1) is 6.66. The number of rotatable bonds is 3. The molecule has 78 valence electrons. The molecule has 0 aromatic carbocycles. The third kappa shape index (κ3) is 2.30. The van der Waals surface area contributed by atoms with Crippen LogP contribution in [0.1, 0.15) is 19.3 Å². The second-order valence-corrected chi connectivity index (χ2v) is 4.48. The minimum atomic E-state index is -0.410. The van der Waals surface area contributed by atoms with E-state index in [9.17, 15) is 4.79 Å². The molecule has 14 heavy (non-hydrogen) atoms. The minimum Gasteiger partial charge on any atom is -0.461 e. The summed E-state index contributed by atoms with van der Waals surface area (Å²) in [7, 11) is 0. The average molecular weight is 214 g/mol. The predicted octanol–water partition coefficient (Wildman–Crippen LogP) is 1.54. The van der Waals surface area contributed by atoms with Crippen molar-refractivity contribution in [2.75, 3.05) is 6.61 Å². The van der Waals surface area contributed by atoms with E-state index in [1.165, 1.54) is 0 Å². The van der Waals surface area contributed by atoms with Gasteiger partial charge in [0.15, 0.2) is 0 Å². The second-order valence-electron chi connectivity index (χ2n) is 3.94. The molecule has 0 aromatic heterocycles. The van der Waals surface area contributed by atoms with Gasteiger partial charge >= 0.3 is 5.97 Å². The van der Waals surface area contributed by atoms with Crippen LogP contribution in [0.3, 0.4) is 0 Å². The SMILES string of the molecule is C=C(S)C(=O)OCC1CCC2OC2C1. The van der Waals surface area contributed by atoms with Gasteiger partial charge in [-0.3, -0.25) is 0 Å². The van der Waals surface area contributed by atoms with Crippen LogP contribution in [0.2, 0.25) is 0 Å². The zero-order valence-electron chi connectivity index (χ0n) is 7.94. The van der Waals surface area contributed by atoms with Crippen molar-refractivity contribution in [1.82, 2.24) is 0 Å². The Morgan fingerprint density at radius 2 is 2.29 bits per heavy atom. The Labute approximate surface area is 88.9 Å². The number of esters is 1. The van der Waals surface area contributed by atoms with E-state index in [-0.39, 0.29) is 4.91 Å². The van der Waals surface area contributed by atoms with Crippen LogP contribution in [0, 0.1) is 5.92 Å². The molecule has 0 N–H and O–H groups in total. The molecular formula is C10H14O3S. The molecule has 0 radical (unpaired) electrons. The highest BCUT2D eigenvalue weighted by Crippen LogP contribution is 2.39. The second kappa shape index (κ2) is 3.95. The van der Waals surface area contributed by atoms with Crippen LogP contribution in [0.4, 0.5) is 0 Å². The van der Waals surface area contributed by atoms with Gasteiger partial charge in [-0.15, -0.1) is 12.6 Å². The highest BCUT2D eigenvalue weighted by atomic mass is 32.1. The molecule has 2 fully saturated rings. The standard InChI is InChI=1S/C10H14O3S/c1-6(14)10(11)12-5-7-2-3-8-9(4-7)13-8/h7-9,14H,1-5H2. The van der Waals surface area contributed by atoms with E-state index in [1.807, 2.05) is 0 Å². The Hall–Kier alpha value is -0.480. The van der Waals surface area contributed by atoms with Crippen LogP contribution in [0.25, 0.3) is 0 Å². The molecule has 1 saturated heterocycles. The molecule has 1 aliphatic carbocycles. The van der Waals surface area contributed by atoms with E-state index in [4.69, 9.17) is 9.47 Å². The fourth-order valence-electron chi connectivity index (χ4n) is 1.91. The summed E-state index contributed by atoms with van der Waals surface area (Å²) in [5, 5.41) is 0. The highest BCUT2D eigenvalue weighted by Gasteiger charge is 2.43. The van der Waals surface area contributed by atoms with Gasteiger partial charge in [0, 0.05) is 0 Å². The lowest BCUT2D eigenvalue weighted by Gasteiger charge is -2.18. The lowest BCUT2D eigenvalue weighted by molar-refractivity contribution is -0.139. The van der Waals surface area contributed by atoms with E-state index in [1.54, 1.807) is 0 Å². The summed E-state index contributed by atoms with van der Waals surface area (Å²) < 4.78 is 10.4. The lowest BCUT2D eigenvalue weighted by atomic mass is 9.90. The number of thiol groups is 1. The van der Waals surface area contributed by atoms with Crippen molar-refractivity contribution in [3.8, 4) is 0 Å². The zero-order chi connectivity index (χ0) is 10.1. The molecule has 0 spiro atoms. The zero-order valence-corrected chi connectivity index (χ0v) is 8.83. The Morgan fingerprint density at radius 1 is 1.50 bits per heavy atom. The van der Waals surface area contributed by atoms with Crippen LogP contribution in [-0.4, -0.2) is 24.8 Å². The average Bonchev–Trinajstić information content (AvgIpc) is 2.91. The van der Waals surface area contributed by atoms with Crippen molar-refractivity contribution < 1.29 is 14.3 Å². The lowest BCUT2D eigenvalue weighted by Crippen LogP contribution is -2.20. The molecule has 4 heteroatoms. The summed E-state index contributed by atoms with van der Waals surface area (Å²) in [6.45, 7) is 3.88. The number of epoxide rings is 1. The summed E-state index contributed by atoms with van der Waals surface area (Å²) >= 11 is 3.82. The fourth-order valence-corrected chi connectivity index (χ4v) is 1.98. The van der Waals surface area contributed by atoms with Crippen molar-refractivity contribution in [1.29, 1.82) is 0 Å². The molecular weight excluding hydrogens is 200 g/mol. The van der Waals surface area contributed by atoms with E-state index >= 15 is 0 Å². The third-order valence-electron chi connectivity index (χ3n) is 2.80. The maximum atomic E-state index is 11.0. The molecule has 3 atom stereocenters. The van der Waals surface area contributed by atoms with Crippen molar-refractivity contribution in [2.45, 2.75) is 31.5 Å². The molecule has 3 unspecified atom stereocenters. The number of hydrogen-bond donors (Lipinski definition) is 1. The summed E-state index contributed by atoms with van der Waals surface area (Å²) in [6.07, 6.45) is 4.16. The molecule has 2 rings (SSSR count). The molecule has 1 saturated carbocycles. The van der Waals surface area contributed by atoms with E-state index in [0.717, 1.165) is 19.3 Å². The Bertz CT molecular complexity index is 264. The van der Waals surface area contributed by atoms with Gasteiger partial charge in [0.1, 0.15) is 0 Å². The Balaban J connectivity index is 1.70. The molecule has 3 nitrogen and oxygen atoms in total. The van der Waals surface area contributed by atoms with Gasteiger partial charge in [0.25, 0.3) is 0 Å². The van der Waals surface area contributed by atoms with E-state index < -0.39 is 5.97 Å². The topological polar surface area (TPSA) is 38.8 Å². The van der Waals surface area contributed by atoms with Gasteiger partial charge in [-0.25, -0.2) is 4.79 Å². The van der Waals surface area contributed by atoms with Crippen LogP contribution in [-0.2, 0) is 14.3 Å². The number of fused-ring (bicyclic) bond motifs is 1. The van der Waals surface area contributed by atoms with Gasteiger partial charge < -0.3 is 9.47 Å². The van der Waals surface area contributed by atoms with Gasteiger partial charge in [0.05, 0.1) is 23.7 Å². The summed E-state index contributed by atoms with van der Waals surface area (Å²) in [6, 6.07) is 0. The smallest absolute Gasteiger partial charge is 0.343 e. The molecule has 0 aromatic rings. The minimum absolute atomic E-state index is 0.168. The molecule has 2 aliphatic rings. The normalized spacial score (nSPS) is 34.5. The molecule has 1 aliphatic heterocycles. The molecule has 0 amide bonds. The number of ether oxygens (including phenoxy) is 2. The van der Waals surface area contributed by atoms with Crippen molar-refractivity contribution in [3.05, 3.63) is 11.5 Å². The largest absolute Gasteiger partial charge is 0.461 e. The van der Waals surface area contributed by atoms with Crippen LogP contribution >= 0.6 is 12.6 Å². The number of carbonyl (C=O) groups is 1. The van der Waals surface area contributed by atoms with Crippen molar-refractivity contribution in [2.24, 2.45) is 5.92 Å². The van der Waals surface area contributed by atoms with Crippen molar-refractivity contribution >= 4 is 18.6 Å². The Morgan fingerprint density at radius 3 is 2.93 bits per heavy atom. The number of hydrogen-bond acceptors (Lipinski definition) is 4. The van der Waals surface area contributed by atoms with Crippen LogP contribution in [0.5, 0.6) is 0 Å². The quantitative estimate of drug-likeness (QED) is 0.335. The third-order valence-corrected chi connectivity index (χ3v) is 2.98. The summed E-state index contributed by atoms with van der Waals surface area (Å²) in [4.78, 5) is 11.2. The molecule has 0 bridgehead atoms. The first-order valence-corrected chi connectivity index (χ1v) is 5.32. The monoisotopic (exact) mass is 214 g/mol. The first-order valence-electron chi connectivity index (χ1n) is 4.87. The first kappa shape index (κ1) is 10.1.